The molecule has 1 aromatic heterocycles. The Kier molecular flexibility index (Phi) is 7.88. The van der Waals surface area contributed by atoms with Crippen molar-refractivity contribution in [3.8, 4) is 10.4 Å². The molecule has 0 aliphatic heterocycles. The number of rotatable bonds is 8. The van der Waals surface area contributed by atoms with E-state index in [1.165, 1.54) is 36.7 Å². The molecule has 2 N–H and O–H groups in total. The number of esters is 1. The van der Waals surface area contributed by atoms with Crippen LogP contribution in [0.5, 0.6) is 0 Å². The molecule has 2 aromatic carbocycles. The van der Waals surface area contributed by atoms with E-state index in [4.69, 9.17) is 0 Å². The maximum atomic E-state index is 13.1. The Bertz CT molecular complexity index is 1120. The van der Waals surface area contributed by atoms with Crippen molar-refractivity contribution in [2.45, 2.75) is 6.42 Å². The summed E-state index contributed by atoms with van der Waals surface area (Å²) in [5.74, 6) is -1.38. The van der Waals surface area contributed by atoms with E-state index in [2.05, 4.69) is 15.4 Å². The van der Waals surface area contributed by atoms with Gasteiger partial charge < -0.3 is 15.4 Å². The quantitative estimate of drug-likeness (QED) is 0.399. The lowest BCUT2D eigenvalue weighted by Crippen LogP contribution is -2.31. The first-order chi connectivity index (χ1) is 15.4. The van der Waals surface area contributed by atoms with Crippen molar-refractivity contribution in [2.24, 2.45) is 0 Å². The van der Waals surface area contributed by atoms with Crippen LogP contribution < -0.4 is 10.6 Å². The van der Waals surface area contributed by atoms with Gasteiger partial charge in [0.15, 0.2) is 0 Å². The lowest BCUT2D eigenvalue weighted by Gasteiger charge is -2.06. The molecule has 2 amide bonds. The van der Waals surface area contributed by atoms with E-state index in [0.717, 1.165) is 20.9 Å². The standard InChI is InChI=1S/C24H21FN2O4S/c1-31-24(30)15-26-23(29)14-16-2-8-19(9-3-16)27-22(28)13-11-20-10-12-21(32-20)17-4-6-18(25)7-5-17/h2-13H,14-15H2,1H3,(H,26,29)(H,27,28)/b13-11+. The van der Waals surface area contributed by atoms with Gasteiger partial charge in [0.25, 0.3) is 0 Å². The van der Waals surface area contributed by atoms with E-state index in [0.29, 0.717) is 5.69 Å². The number of benzene rings is 2. The molecule has 0 fully saturated rings. The van der Waals surface area contributed by atoms with Crippen LogP contribution in [0.15, 0.2) is 66.7 Å². The third kappa shape index (κ3) is 6.88. The Morgan fingerprint density at radius 3 is 2.41 bits per heavy atom. The zero-order chi connectivity index (χ0) is 22.9. The highest BCUT2D eigenvalue weighted by molar-refractivity contribution is 7.16. The first-order valence-electron chi connectivity index (χ1n) is 9.70. The molecule has 0 saturated heterocycles. The normalized spacial score (nSPS) is 10.7. The number of amides is 2. The summed E-state index contributed by atoms with van der Waals surface area (Å²) in [5.41, 5.74) is 2.25. The Hall–Kier alpha value is -3.78. The molecule has 0 unspecified atom stereocenters. The Morgan fingerprint density at radius 1 is 1.00 bits per heavy atom. The zero-order valence-corrected chi connectivity index (χ0v) is 18.1. The second-order valence-electron chi connectivity index (χ2n) is 6.76. The van der Waals surface area contributed by atoms with Gasteiger partial charge in [0.1, 0.15) is 12.4 Å². The van der Waals surface area contributed by atoms with Crippen LogP contribution in [0.3, 0.4) is 0 Å². The van der Waals surface area contributed by atoms with Gasteiger partial charge in [-0.05, 0) is 53.6 Å². The molecule has 0 aliphatic carbocycles. The summed E-state index contributed by atoms with van der Waals surface area (Å²) in [6.45, 7) is -0.175. The van der Waals surface area contributed by atoms with Crippen molar-refractivity contribution in [3.63, 3.8) is 0 Å². The molecule has 0 radical (unpaired) electrons. The van der Waals surface area contributed by atoms with Gasteiger partial charge in [0.2, 0.25) is 11.8 Å². The molecule has 0 saturated carbocycles. The molecule has 8 heteroatoms. The summed E-state index contributed by atoms with van der Waals surface area (Å²) in [6, 6.07) is 16.9. The highest BCUT2D eigenvalue weighted by Crippen LogP contribution is 2.29. The first kappa shape index (κ1) is 22.9. The minimum Gasteiger partial charge on any atom is -0.468 e. The molecule has 0 atom stereocenters. The van der Waals surface area contributed by atoms with E-state index >= 15 is 0 Å². The van der Waals surface area contributed by atoms with E-state index < -0.39 is 5.97 Å². The molecule has 3 rings (SSSR count). The van der Waals surface area contributed by atoms with Crippen LogP contribution in [0.25, 0.3) is 16.5 Å². The van der Waals surface area contributed by atoms with Crippen LogP contribution in [0.1, 0.15) is 10.4 Å². The fourth-order valence-electron chi connectivity index (χ4n) is 2.75. The van der Waals surface area contributed by atoms with E-state index in [-0.39, 0.29) is 30.6 Å². The Morgan fingerprint density at radius 2 is 1.72 bits per heavy atom. The van der Waals surface area contributed by atoms with Crippen molar-refractivity contribution in [1.29, 1.82) is 0 Å². The largest absolute Gasteiger partial charge is 0.468 e. The van der Waals surface area contributed by atoms with Gasteiger partial charge >= 0.3 is 5.97 Å². The highest BCUT2D eigenvalue weighted by atomic mass is 32.1. The van der Waals surface area contributed by atoms with Crippen LogP contribution in [0, 0.1) is 5.82 Å². The summed E-state index contributed by atoms with van der Waals surface area (Å²) in [4.78, 5) is 36.9. The van der Waals surface area contributed by atoms with Crippen LogP contribution in [0.2, 0.25) is 0 Å². The van der Waals surface area contributed by atoms with Gasteiger partial charge in [-0.3, -0.25) is 14.4 Å². The lowest BCUT2D eigenvalue weighted by atomic mass is 10.1. The highest BCUT2D eigenvalue weighted by Gasteiger charge is 2.07. The lowest BCUT2D eigenvalue weighted by molar-refractivity contribution is -0.141. The number of halogens is 1. The van der Waals surface area contributed by atoms with Gasteiger partial charge in [-0.1, -0.05) is 24.3 Å². The van der Waals surface area contributed by atoms with Crippen molar-refractivity contribution < 1.29 is 23.5 Å². The Labute approximate surface area is 188 Å². The van der Waals surface area contributed by atoms with Crippen molar-refractivity contribution >= 4 is 40.9 Å². The Balaban J connectivity index is 1.50. The monoisotopic (exact) mass is 452 g/mol. The predicted molar refractivity (Wildman–Crippen MR) is 123 cm³/mol. The predicted octanol–water partition coefficient (Wildman–Crippen LogP) is 4.04. The van der Waals surface area contributed by atoms with Gasteiger partial charge in [-0.15, -0.1) is 11.3 Å². The summed E-state index contributed by atoms with van der Waals surface area (Å²) in [5, 5.41) is 5.23. The molecule has 3 aromatic rings. The van der Waals surface area contributed by atoms with Gasteiger partial charge in [-0.25, -0.2) is 4.39 Å². The third-order valence-corrected chi connectivity index (χ3v) is 5.50. The minimum atomic E-state index is -0.515. The second-order valence-corrected chi connectivity index (χ2v) is 7.87. The molecule has 0 spiro atoms. The van der Waals surface area contributed by atoms with Crippen LogP contribution in [-0.2, 0) is 25.5 Å². The van der Waals surface area contributed by atoms with E-state index in [1.807, 2.05) is 12.1 Å². The number of hydrogen-bond acceptors (Lipinski definition) is 5. The fourth-order valence-corrected chi connectivity index (χ4v) is 3.67. The topological polar surface area (TPSA) is 84.5 Å². The fraction of sp³-hybridized carbons (Fsp3) is 0.125. The molecule has 0 aliphatic rings. The van der Waals surface area contributed by atoms with Crippen molar-refractivity contribution in [3.05, 3.63) is 83.0 Å². The number of carbonyl (C=O) groups is 3. The first-order valence-corrected chi connectivity index (χ1v) is 10.5. The van der Waals surface area contributed by atoms with E-state index in [9.17, 15) is 18.8 Å². The average molecular weight is 453 g/mol. The summed E-state index contributed by atoms with van der Waals surface area (Å²) in [6.07, 6.45) is 3.27. The van der Waals surface area contributed by atoms with Crippen LogP contribution in [0.4, 0.5) is 10.1 Å². The van der Waals surface area contributed by atoms with Crippen LogP contribution >= 0.6 is 11.3 Å². The maximum absolute atomic E-state index is 13.1. The van der Waals surface area contributed by atoms with Crippen LogP contribution in [-0.4, -0.2) is 31.4 Å². The maximum Gasteiger partial charge on any atom is 0.325 e. The molecular formula is C24H21FN2O4S. The number of thiophene rings is 1. The summed E-state index contributed by atoms with van der Waals surface area (Å²) >= 11 is 1.50. The van der Waals surface area contributed by atoms with Gasteiger partial charge in [0.05, 0.1) is 13.5 Å². The molecular weight excluding hydrogens is 431 g/mol. The number of anilines is 1. The molecule has 0 bridgehead atoms. The number of ether oxygens (including phenoxy) is 1. The number of nitrogens with one attached hydrogen (secondary N) is 2. The van der Waals surface area contributed by atoms with Gasteiger partial charge in [0, 0.05) is 21.5 Å². The zero-order valence-electron chi connectivity index (χ0n) is 17.3. The number of hydrogen-bond donors (Lipinski definition) is 2. The summed E-state index contributed by atoms with van der Waals surface area (Å²) < 4.78 is 17.5. The molecule has 1 heterocycles. The smallest absolute Gasteiger partial charge is 0.325 e. The van der Waals surface area contributed by atoms with Crippen molar-refractivity contribution in [2.75, 3.05) is 19.0 Å². The average Bonchev–Trinajstić information content (AvgIpc) is 3.27. The van der Waals surface area contributed by atoms with Gasteiger partial charge in [-0.2, -0.15) is 0 Å². The van der Waals surface area contributed by atoms with Crippen molar-refractivity contribution in [1.82, 2.24) is 5.32 Å². The number of methoxy groups -OCH3 is 1. The second kappa shape index (κ2) is 11.0. The van der Waals surface area contributed by atoms with E-state index in [1.54, 1.807) is 42.5 Å². The summed E-state index contributed by atoms with van der Waals surface area (Å²) in [7, 11) is 1.25. The SMILES string of the molecule is COC(=O)CNC(=O)Cc1ccc(NC(=O)/C=C/c2ccc(-c3ccc(F)cc3)s2)cc1. The molecule has 32 heavy (non-hydrogen) atoms. The number of carbonyl (C=O) groups excluding carboxylic acids is 3. The third-order valence-electron chi connectivity index (χ3n) is 4.40. The molecule has 164 valence electrons. The minimum absolute atomic E-state index is 0.111. The molecule has 6 nitrogen and oxygen atoms in total.